The van der Waals surface area contributed by atoms with E-state index in [4.69, 9.17) is 5.11 Å². The van der Waals surface area contributed by atoms with E-state index in [1.165, 1.54) is 0 Å². The second-order valence-electron chi connectivity index (χ2n) is 4.97. The maximum Gasteiger partial charge on any atom is 0.321 e. The van der Waals surface area contributed by atoms with Gasteiger partial charge in [0.05, 0.1) is 5.92 Å². The lowest BCUT2D eigenvalue weighted by atomic mass is 9.99. The number of carbonyl (C=O) groups is 2. The van der Waals surface area contributed by atoms with Crippen molar-refractivity contribution in [2.24, 2.45) is 5.92 Å². The Balaban J connectivity index is 2.04. The van der Waals surface area contributed by atoms with Gasteiger partial charge in [-0.05, 0) is 37.5 Å². The van der Waals surface area contributed by atoms with Crippen molar-refractivity contribution in [3.8, 4) is 0 Å². The summed E-state index contributed by atoms with van der Waals surface area (Å²) in [5, 5.41) is 11.9. The molecule has 2 amide bonds. The van der Waals surface area contributed by atoms with Crippen molar-refractivity contribution < 1.29 is 14.7 Å². The third-order valence-corrected chi connectivity index (χ3v) is 4.43. The summed E-state index contributed by atoms with van der Waals surface area (Å²) in [5.74, 6) is -1.29. The molecular formula is C14H17BrN2O3. The molecule has 6 heteroatoms. The van der Waals surface area contributed by atoms with Crippen molar-refractivity contribution in [2.45, 2.75) is 19.8 Å². The summed E-state index contributed by atoms with van der Waals surface area (Å²) >= 11 is 3.42. The number of anilines is 1. The van der Waals surface area contributed by atoms with Crippen LogP contribution in [0.2, 0.25) is 0 Å². The highest BCUT2D eigenvalue weighted by Crippen LogP contribution is 2.24. The number of benzene rings is 1. The zero-order chi connectivity index (χ0) is 14.7. The van der Waals surface area contributed by atoms with Crippen LogP contribution in [-0.2, 0) is 4.79 Å². The second kappa shape index (κ2) is 6.26. The van der Waals surface area contributed by atoms with Crippen molar-refractivity contribution in [2.75, 3.05) is 18.4 Å². The van der Waals surface area contributed by atoms with Gasteiger partial charge in [0.1, 0.15) is 0 Å². The smallest absolute Gasteiger partial charge is 0.321 e. The number of amides is 2. The third-order valence-electron chi connectivity index (χ3n) is 3.57. The van der Waals surface area contributed by atoms with Crippen LogP contribution >= 0.6 is 15.9 Å². The van der Waals surface area contributed by atoms with Crippen LogP contribution in [0.4, 0.5) is 10.5 Å². The lowest BCUT2D eigenvalue weighted by Gasteiger charge is -2.30. The summed E-state index contributed by atoms with van der Waals surface area (Å²) in [7, 11) is 0. The fraction of sp³-hybridized carbons (Fsp3) is 0.429. The van der Waals surface area contributed by atoms with Crippen molar-refractivity contribution in [3.63, 3.8) is 0 Å². The first-order valence-electron chi connectivity index (χ1n) is 6.53. The highest BCUT2D eigenvalue weighted by molar-refractivity contribution is 9.10. The molecule has 0 bridgehead atoms. The molecule has 108 valence electrons. The Morgan fingerprint density at radius 1 is 1.45 bits per heavy atom. The summed E-state index contributed by atoms with van der Waals surface area (Å²) in [6.07, 6.45) is 1.36. The molecule has 0 aliphatic carbocycles. The van der Waals surface area contributed by atoms with E-state index < -0.39 is 11.9 Å². The van der Waals surface area contributed by atoms with Gasteiger partial charge in [0, 0.05) is 23.2 Å². The van der Waals surface area contributed by atoms with E-state index in [1.807, 2.05) is 25.1 Å². The van der Waals surface area contributed by atoms with E-state index in [1.54, 1.807) is 4.90 Å². The number of aliphatic carboxylic acids is 1. The molecule has 1 heterocycles. The molecule has 1 aromatic carbocycles. The third kappa shape index (κ3) is 3.30. The fourth-order valence-corrected chi connectivity index (χ4v) is 2.67. The highest BCUT2D eigenvalue weighted by atomic mass is 79.9. The van der Waals surface area contributed by atoms with E-state index in [-0.39, 0.29) is 12.6 Å². The summed E-state index contributed by atoms with van der Waals surface area (Å²) < 4.78 is 0.928. The van der Waals surface area contributed by atoms with Crippen LogP contribution in [0.15, 0.2) is 22.7 Å². The van der Waals surface area contributed by atoms with Gasteiger partial charge in [-0.1, -0.05) is 22.0 Å². The topological polar surface area (TPSA) is 69.6 Å². The number of nitrogens with one attached hydrogen (secondary N) is 1. The van der Waals surface area contributed by atoms with Gasteiger partial charge < -0.3 is 15.3 Å². The second-order valence-corrected chi connectivity index (χ2v) is 5.82. The summed E-state index contributed by atoms with van der Waals surface area (Å²) in [5.41, 5.74) is 1.69. The number of urea groups is 1. The van der Waals surface area contributed by atoms with Gasteiger partial charge >= 0.3 is 12.0 Å². The predicted molar refractivity (Wildman–Crippen MR) is 79.8 cm³/mol. The number of hydrogen-bond acceptors (Lipinski definition) is 2. The molecule has 1 fully saturated rings. The minimum atomic E-state index is -0.832. The molecular weight excluding hydrogens is 324 g/mol. The number of halogens is 1. The van der Waals surface area contributed by atoms with Gasteiger partial charge in [-0.25, -0.2) is 4.79 Å². The van der Waals surface area contributed by atoms with Crippen LogP contribution in [-0.4, -0.2) is 35.1 Å². The van der Waals surface area contributed by atoms with Crippen LogP contribution in [0.5, 0.6) is 0 Å². The van der Waals surface area contributed by atoms with E-state index >= 15 is 0 Å². The molecule has 2 N–H and O–H groups in total. The standard InChI is InChI=1S/C14H17BrN2O3/c1-9-11(15)5-2-6-12(9)16-14(20)17-7-3-4-10(8-17)13(18)19/h2,5-6,10H,3-4,7-8H2,1H3,(H,16,20)(H,18,19)/t10-/m1/s1. The number of carboxylic acid groups (broad SMARTS) is 1. The predicted octanol–water partition coefficient (Wildman–Crippen LogP) is 3.09. The average Bonchev–Trinajstić information content (AvgIpc) is 2.44. The lowest BCUT2D eigenvalue weighted by molar-refractivity contribution is -0.143. The molecule has 0 spiro atoms. The SMILES string of the molecule is Cc1c(Br)cccc1NC(=O)N1CCC[C@@H](C(=O)O)C1. The van der Waals surface area contributed by atoms with Gasteiger partial charge in [0.15, 0.2) is 0 Å². The molecule has 0 radical (unpaired) electrons. The molecule has 1 saturated heterocycles. The molecule has 20 heavy (non-hydrogen) atoms. The number of carboxylic acids is 1. The quantitative estimate of drug-likeness (QED) is 0.869. The van der Waals surface area contributed by atoms with Crippen molar-refractivity contribution >= 4 is 33.6 Å². The van der Waals surface area contributed by atoms with E-state index in [0.717, 1.165) is 22.1 Å². The number of piperidine rings is 1. The zero-order valence-electron chi connectivity index (χ0n) is 11.2. The fourth-order valence-electron chi connectivity index (χ4n) is 2.30. The number of hydrogen-bond donors (Lipinski definition) is 2. The van der Waals surface area contributed by atoms with E-state index in [9.17, 15) is 9.59 Å². The summed E-state index contributed by atoms with van der Waals surface area (Å²) in [6.45, 7) is 2.78. The maximum atomic E-state index is 12.2. The zero-order valence-corrected chi connectivity index (χ0v) is 12.8. The number of carbonyl (C=O) groups excluding carboxylic acids is 1. The highest BCUT2D eigenvalue weighted by Gasteiger charge is 2.28. The average molecular weight is 341 g/mol. The number of rotatable bonds is 2. The van der Waals surface area contributed by atoms with E-state index in [0.29, 0.717) is 13.0 Å². The van der Waals surface area contributed by atoms with Gasteiger partial charge in [-0.15, -0.1) is 0 Å². The minimum absolute atomic E-state index is 0.239. The van der Waals surface area contributed by atoms with Crippen LogP contribution in [0, 0.1) is 12.8 Å². The summed E-state index contributed by atoms with van der Waals surface area (Å²) in [6, 6.07) is 5.35. The van der Waals surface area contributed by atoms with Gasteiger partial charge in [-0.3, -0.25) is 4.79 Å². The Hall–Kier alpha value is -1.56. The van der Waals surface area contributed by atoms with Crippen molar-refractivity contribution in [3.05, 3.63) is 28.2 Å². The monoisotopic (exact) mass is 340 g/mol. The van der Waals surface area contributed by atoms with Crippen LogP contribution in [0.1, 0.15) is 18.4 Å². The molecule has 2 rings (SSSR count). The minimum Gasteiger partial charge on any atom is -0.481 e. The lowest BCUT2D eigenvalue weighted by Crippen LogP contribution is -2.44. The normalized spacial score (nSPS) is 18.7. The molecule has 0 aromatic heterocycles. The van der Waals surface area contributed by atoms with Gasteiger partial charge in [0.2, 0.25) is 0 Å². The van der Waals surface area contributed by atoms with Gasteiger partial charge in [0.25, 0.3) is 0 Å². The van der Waals surface area contributed by atoms with Crippen molar-refractivity contribution in [1.82, 2.24) is 4.90 Å². The maximum absolute atomic E-state index is 12.2. The van der Waals surface area contributed by atoms with Gasteiger partial charge in [-0.2, -0.15) is 0 Å². The molecule has 5 nitrogen and oxygen atoms in total. The summed E-state index contributed by atoms with van der Waals surface area (Å²) in [4.78, 5) is 24.8. The Kier molecular flexibility index (Phi) is 4.65. The number of likely N-dealkylation sites (tertiary alicyclic amines) is 1. The first-order chi connectivity index (χ1) is 9.49. The Morgan fingerprint density at radius 2 is 2.20 bits per heavy atom. The van der Waals surface area contributed by atoms with Crippen LogP contribution in [0.3, 0.4) is 0 Å². The Bertz CT molecular complexity index is 533. The Labute approximate surface area is 126 Å². The number of nitrogens with zero attached hydrogens (tertiary/aromatic N) is 1. The molecule has 1 aliphatic heterocycles. The first-order valence-corrected chi connectivity index (χ1v) is 7.32. The van der Waals surface area contributed by atoms with Crippen LogP contribution in [0.25, 0.3) is 0 Å². The molecule has 0 unspecified atom stereocenters. The largest absolute Gasteiger partial charge is 0.481 e. The molecule has 1 aliphatic rings. The Morgan fingerprint density at radius 3 is 2.90 bits per heavy atom. The molecule has 1 aromatic rings. The van der Waals surface area contributed by atoms with Crippen molar-refractivity contribution in [1.29, 1.82) is 0 Å². The van der Waals surface area contributed by atoms with E-state index in [2.05, 4.69) is 21.2 Å². The molecule has 1 atom stereocenters. The molecule has 0 saturated carbocycles. The first kappa shape index (κ1) is 14.8. The van der Waals surface area contributed by atoms with Crippen LogP contribution < -0.4 is 5.32 Å².